The van der Waals surface area contributed by atoms with Gasteiger partial charge in [-0.3, -0.25) is 0 Å². The first-order valence-electron chi connectivity index (χ1n) is 16.1. The first-order valence-corrected chi connectivity index (χ1v) is 16.1. The number of aliphatic hydroxyl groups excluding tert-OH is 1. The Labute approximate surface area is 280 Å². The van der Waals surface area contributed by atoms with Gasteiger partial charge in [0.15, 0.2) is 0 Å². The smallest absolute Gasteiger partial charge is 0.0431 e. The molecule has 0 radical (unpaired) electrons. The van der Waals surface area contributed by atoms with E-state index in [0.717, 1.165) is 19.3 Å². The van der Waals surface area contributed by atoms with Gasteiger partial charge in [0, 0.05) is 6.61 Å². The Balaban J connectivity index is 0.000000279. The van der Waals surface area contributed by atoms with Crippen molar-refractivity contribution in [1.29, 1.82) is 0 Å². The number of aryl methyl sites for hydroxylation is 6. The molecule has 0 saturated carbocycles. The molecule has 240 valence electrons. The van der Waals surface area contributed by atoms with Gasteiger partial charge in [-0.2, -0.15) is 0 Å². The molecule has 6 aromatic rings. The van der Waals surface area contributed by atoms with Crippen LogP contribution in [-0.2, 0) is 6.42 Å². The minimum Gasteiger partial charge on any atom is -0.396 e. The van der Waals surface area contributed by atoms with E-state index in [1.54, 1.807) is 0 Å². The van der Waals surface area contributed by atoms with Crippen molar-refractivity contribution in [3.8, 4) is 0 Å². The standard InChI is InChI=1S/C10H14O.5C7H8/c11-9-5-4-8-10-6-2-1-3-7-10;5*1-7-5-3-2-4-6-7/h1-3,6-7,11H,4-5,8-9H2;5*2-6H,1H3. The molecule has 0 spiro atoms. The summed E-state index contributed by atoms with van der Waals surface area (Å²) in [5, 5.41) is 8.54. The number of hydrogen-bond donors (Lipinski definition) is 1. The van der Waals surface area contributed by atoms with Gasteiger partial charge in [-0.05, 0) is 59.4 Å². The second-order valence-corrected chi connectivity index (χ2v) is 10.9. The molecular formula is C45H54O. The second-order valence-electron chi connectivity index (χ2n) is 10.9. The average Bonchev–Trinajstić information content (AvgIpc) is 3.09. The van der Waals surface area contributed by atoms with Crippen molar-refractivity contribution >= 4 is 0 Å². The fourth-order valence-electron chi connectivity index (χ4n) is 3.76. The third kappa shape index (κ3) is 24.7. The van der Waals surface area contributed by atoms with Crippen molar-refractivity contribution in [3.05, 3.63) is 215 Å². The van der Waals surface area contributed by atoms with Crippen molar-refractivity contribution in [2.45, 2.75) is 53.9 Å². The van der Waals surface area contributed by atoms with E-state index in [1.807, 2.05) is 109 Å². The molecule has 6 aromatic carbocycles. The molecule has 1 N–H and O–H groups in total. The molecule has 0 amide bonds. The van der Waals surface area contributed by atoms with E-state index in [9.17, 15) is 0 Å². The highest BCUT2D eigenvalue weighted by molar-refractivity contribution is 5.15. The molecule has 0 fully saturated rings. The molecule has 1 heteroatoms. The van der Waals surface area contributed by atoms with Crippen LogP contribution < -0.4 is 0 Å². The van der Waals surface area contributed by atoms with Gasteiger partial charge in [-0.1, -0.05) is 210 Å². The van der Waals surface area contributed by atoms with E-state index in [-0.39, 0.29) is 0 Å². The van der Waals surface area contributed by atoms with Gasteiger partial charge < -0.3 is 5.11 Å². The summed E-state index contributed by atoms with van der Waals surface area (Å²) >= 11 is 0. The summed E-state index contributed by atoms with van der Waals surface area (Å²) in [5.41, 5.74) is 7.97. The SMILES string of the molecule is Cc1ccccc1.Cc1ccccc1.Cc1ccccc1.Cc1ccccc1.Cc1ccccc1.OCCCCc1ccccc1. The molecule has 6 rings (SSSR count). The van der Waals surface area contributed by atoms with Gasteiger partial charge in [0.2, 0.25) is 0 Å². The Bertz CT molecular complexity index is 1220. The average molecular weight is 611 g/mol. The fourth-order valence-corrected chi connectivity index (χ4v) is 3.76. The van der Waals surface area contributed by atoms with Gasteiger partial charge >= 0.3 is 0 Å². The fraction of sp³-hybridized carbons (Fsp3) is 0.200. The molecule has 0 aliphatic rings. The summed E-state index contributed by atoms with van der Waals surface area (Å²) in [6.07, 6.45) is 3.08. The number of aliphatic hydroxyl groups is 1. The van der Waals surface area contributed by atoms with Crippen LogP contribution in [0.1, 0.15) is 46.2 Å². The van der Waals surface area contributed by atoms with Crippen LogP contribution in [0.3, 0.4) is 0 Å². The lowest BCUT2D eigenvalue weighted by molar-refractivity contribution is 0.284. The highest BCUT2D eigenvalue weighted by Gasteiger charge is 1.89. The van der Waals surface area contributed by atoms with Gasteiger partial charge in [-0.25, -0.2) is 0 Å². The summed E-state index contributed by atoms with van der Waals surface area (Å²) < 4.78 is 0. The molecule has 0 aliphatic carbocycles. The largest absolute Gasteiger partial charge is 0.396 e. The molecule has 0 atom stereocenters. The van der Waals surface area contributed by atoms with E-state index in [1.165, 1.54) is 33.4 Å². The molecule has 0 unspecified atom stereocenters. The van der Waals surface area contributed by atoms with E-state index in [0.29, 0.717) is 6.61 Å². The molecule has 1 nitrogen and oxygen atoms in total. The molecular weight excluding hydrogens is 556 g/mol. The van der Waals surface area contributed by atoms with Crippen LogP contribution in [0.25, 0.3) is 0 Å². The van der Waals surface area contributed by atoms with Crippen LogP contribution in [-0.4, -0.2) is 11.7 Å². The normalized spacial score (nSPS) is 9.00. The molecule has 0 aliphatic heterocycles. The molecule has 46 heavy (non-hydrogen) atoms. The first-order chi connectivity index (χ1) is 22.4. The summed E-state index contributed by atoms with van der Waals surface area (Å²) in [6, 6.07) is 61.7. The number of rotatable bonds is 4. The first kappa shape index (κ1) is 39.3. The lowest BCUT2D eigenvalue weighted by Gasteiger charge is -1.97. The van der Waals surface area contributed by atoms with Crippen molar-refractivity contribution in [1.82, 2.24) is 0 Å². The van der Waals surface area contributed by atoms with Crippen molar-refractivity contribution in [3.63, 3.8) is 0 Å². The Morgan fingerprint density at radius 3 is 0.696 bits per heavy atom. The van der Waals surface area contributed by atoms with E-state index in [2.05, 4.69) is 107 Å². The lowest BCUT2D eigenvalue weighted by Crippen LogP contribution is -1.87. The number of hydrogen-bond acceptors (Lipinski definition) is 1. The Morgan fingerprint density at radius 2 is 0.522 bits per heavy atom. The highest BCUT2D eigenvalue weighted by atomic mass is 16.2. The van der Waals surface area contributed by atoms with E-state index < -0.39 is 0 Å². The quantitative estimate of drug-likeness (QED) is 0.197. The summed E-state index contributed by atoms with van der Waals surface area (Å²) in [6.45, 7) is 10.7. The maximum atomic E-state index is 8.54. The molecule has 0 aromatic heterocycles. The number of unbranched alkanes of at least 4 members (excludes halogenated alkanes) is 1. The Kier molecular flexibility index (Phi) is 23.8. The van der Waals surface area contributed by atoms with Crippen LogP contribution >= 0.6 is 0 Å². The molecule has 0 heterocycles. The zero-order valence-electron chi connectivity index (χ0n) is 28.6. The van der Waals surface area contributed by atoms with Crippen molar-refractivity contribution < 1.29 is 5.11 Å². The number of benzene rings is 6. The zero-order valence-corrected chi connectivity index (χ0v) is 28.6. The summed E-state index contributed by atoms with van der Waals surface area (Å²) in [7, 11) is 0. The molecule has 0 bridgehead atoms. The predicted octanol–water partition coefficient (Wildman–Crippen LogP) is 12.0. The van der Waals surface area contributed by atoms with Gasteiger partial charge in [0.1, 0.15) is 0 Å². The third-order valence-electron chi connectivity index (χ3n) is 6.42. The maximum absolute atomic E-state index is 8.54. The third-order valence-corrected chi connectivity index (χ3v) is 6.42. The highest BCUT2D eigenvalue weighted by Crippen LogP contribution is 2.03. The predicted molar refractivity (Wildman–Crippen MR) is 202 cm³/mol. The minimum absolute atomic E-state index is 0.312. The van der Waals surface area contributed by atoms with Crippen LogP contribution in [0.4, 0.5) is 0 Å². The van der Waals surface area contributed by atoms with Crippen LogP contribution in [0, 0.1) is 34.6 Å². The van der Waals surface area contributed by atoms with Crippen molar-refractivity contribution in [2.75, 3.05) is 6.61 Å². The van der Waals surface area contributed by atoms with E-state index >= 15 is 0 Å². The van der Waals surface area contributed by atoms with Crippen molar-refractivity contribution in [2.24, 2.45) is 0 Å². The second kappa shape index (κ2) is 27.8. The Hall–Kier alpha value is -4.72. The lowest BCUT2D eigenvalue weighted by atomic mass is 10.1. The monoisotopic (exact) mass is 610 g/mol. The van der Waals surface area contributed by atoms with Crippen LogP contribution in [0.5, 0.6) is 0 Å². The summed E-state index contributed by atoms with van der Waals surface area (Å²) in [5.74, 6) is 0. The van der Waals surface area contributed by atoms with E-state index in [4.69, 9.17) is 5.11 Å². The Morgan fingerprint density at radius 1 is 0.304 bits per heavy atom. The van der Waals surface area contributed by atoms with Gasteiger partial charge in [0.25, 0.3) is 0 Å². The van der Waals surface area contributed by atoms with Gasteiger partial charge in [0.05, 0.1) is 0 Å². The minimum atomic E-state index is 0.312. The molecule has 0 saturated heterocycles. The topological polar surface area (TPSA) is 20.2 Å². The zero-order chi connectivity index (χ0) is 33.5. The van der Waals surface area contributed by atoms with Crippen LogP contribution in [0.15, 0.2) is 182 Å². The van der Waals surface area contributed by atoms with Gasteiger partial charge in [-0.15, -0.1) is 0 Å². The maximum Gasteiger partial charge on any atom is 0.0431 e. The summed E-state index contributed by atoms with van der Waals surface area (Å²) in [4.78, 5) is 0. The van der Waals surface area contributed by atoms with Crippen LogP contribution in [0.2, 0.25) is 0 Å².